The van der Waals surface area contributed by atoms with E-state index in [0.717, 1.165) is 63.9 Å². The van der Waals surface area contributed by atoms with E-state index < -0.39 is 0 Å². The number of nitrogens with one attached hydrogen (secondary N) is 1. The molecule has 1 aliphatic rings. The molecule has 0 unspecified atom stereocenters. The highest BCUT2D eigenvalue weighted by atomic mass is 79.9. The number of nitrogens with zero attached hydrogens (tertiary/aromatic N) is 4. The van der Waals surface area contributed by atoms with E-state index in [9.17, 15) is 0 Å². The van der Waals surface area contributed by atoms with Gasteiger partial charge in [-0.25, -0.2) is 4.98 Å². The van der Waals surface area contributed by atoms with E-state index in [1.165, 1.54) is 5.56 Å². The van der Waals surface area contributed by atoms with Crippen LogP contribution in [0.25, 0.3) is 27.7 Å². The first-order chi connectivity index (χ1) is 14.6. The van der Waals surface area contributed by atoms with Crippen LogP contribution in [0.15, 0.2) is 41.1 Å². The van der Waals surface area contributed by atoms with Gasteiger partial charge in [0.25, 0.3) is 0 Å². The smallest absolute Gasteiger partial charge is 0.165 e. The minimum Gasteiger partial charge on any atom is -0.383 e. The highest BCUT2D eigenvalue weighted by molar-refractivity contribution is 9.10. The highest BCUT2D eigenvalue weighted by Crippen LogP contribution is 2.31. The first kappa shape index (κ1) is 19.4. The van der Waals surface area contributed by atoms with Crippen molar-refractivity contribution in [1.82, 2.24) is 24.9 Å². The molecule has 1 fully saturated rings. The lowest BCUT2D eigenvalue weighted by Gasteiger charge is -2.23. The van der Waals surface area contributed by atoms with Gasteiger partial charge in [0.2, 0.25) is 0 Å². The number of fused-ring (bicyclic) bond motifs is 2. The molecule has 1 aromatic carbocycles. The third kappa shape index (κ3) is 3.55. The molecule has 0 bridgehead atoms. The summed E-state index contributed by atoms with van der Waals surface area (Å²) in [5, 5.41) is 9.16. The largest absolute Gasteiger partial charge is 0.383 e. The molecule has 4 heterocycles. The third-order valence-corrected chi connectivity index (χ3v) is 6.48. The summed E-state index contributed by atoms with van der Waals surface area (Å²) in [6.45, 7) is 4.31. The topological polar surface area (TPSA) is 90.4 Å². The Bertz CT molecular complexity index is 1230. The Labute approximate surface area is 182 Å². The molecule has 1 aliphatic heterocycles. The van der Waals surface area contributed by atoms with Gasteiger partial charge in [-0.05, 0) is 53.9 Å². The van der Waals surface area contributed by atoms with Crippen LogP contribution in [0.1, 0.15) is 24.1 Å². The molecule has 5 rings (SSSR count). The van der Waals surface area contributed by atoms with Gasteiger partial charge in [-0.2, -0.15) is 9.61 Å². The molecule has 3 N–H and O–H groups in total. The van der Waals surface area contributed by atoms with Crippen molar-refractivity contribution in [1.29, 1.82) is 0 Å². The van der Waals surface area contributed by atoms with Crippen molar-refractivity contribution in [3.05, 3.63) is 52.4 Å². The monoisotopic (exact) mass is 466 g/mol. The zero-order chi connectivity index (χ0) is 20.7. The van der Waals surface area contributed by atoms with Crippen LogP contribution in [0, 0.1) is 6.92 Å². The van der Waals surface area contributed by atoms with Gasteiger partial charge >= 0.3 is 0 Å². The van der Waals surface area contributed by atoms with E-state index in [1.54, 1.807) is 10.7 Å². The summed E-state index contributed by atoms with van der Waals surface area (Å²) in [4.78, 5) is 9.52. The number of halogens is 1. The summed E-state index contributed by atoms with van der Waals surface area (Å²) in [6, 6.07) is 8.81. The van der Waals surface area contributed by atoms with Gasteiger partial charge in [-0.15, -0.1) is 0 Å². The average Bonchev–Trinajstić information content (AvgIpc) is 3.19. The fraction of sp³-hybridized carbons (Fsp3) is 0.318. The van der Waals surface area contributed by atoms with Gasteiger partial charge in [0.15, 0.2) is 5.65 Å². The number of pyridine rings is 1. The fourth-order valence-corrected chi connectivity index (χ4v) is 4.30. The lowest BCUT2D eigenvalue weighted by molar-refractivity contribution is 0.0775. The van der Waals surface area contributed by atoms with Gasteiger partial charge in [-0.1, -0.05) is 11.6 Å². The van der Waals surface area contributed by atoms with Crippen molar-refractivity contribution in [2.75, 3.05) is 18.9 Å². The molecule has 4 aromatic rings. The zero-order valence-electron chi connectivity index (χ0n) is 16.7. The normalized spacial score (nSPS) is 15.3. The number of rotatable bonds is 4. The highest BCUT2D eigenvalue weighted by Gasteiger charge is 2.18. The number of nitrogens with two attached hydrogens (primary N) is 1. The number of aryl methyl sites for hydroxylation is 1. The molecule has 0 radical (unpaired) electrons. The Hall–Kier alpha value is -2.55. The quantitative estimate of drug-likeness (QED) is 0.474. The second kappa shape index (κ2) is 7.94. The summed E-state index contributed by atoms with van der Waals surface area (Å²) in [6.07, 6.45) is 5.69. The molecule has 0 spiro atoms. The molecule has 3 aromatic heterocycles. The zero-order valence-corrected chi connectivity index (χ0v) is 18.3. The van der Waals surface area contributed by atoms with E-state index in [4.69, 9.17) is 15.5 Å². The van der Waals surface area contributed by atoms with Crippen LogP contribution in [-0.2, 0) is 11.3 Å². The van der Waals surface area contributed by atoms with E-state index >= 15 is 0 Å². The summed E-state index contributed by atoms with van der Waals surface area (Å²) in [5.41, 5.74) is 12.0. The molecule has 0 saturated carbocycles. The molecular formula is C22H23BrN6O. The van der Waals surface area contributed by atoms with Crippen molar-refractivity contribution in [3.63, 3.8) is 0 Å². The fourth-order valence-electron chi connectivity index (χ4n) is 3.91. The molecule has 154 valence electrons. The number of ether oxygens (including phenoxy) is 1. The van der Waals surface area contributed by atoms with Crippen molar-refractivity contribution in [2.24, 2.45) is 0 Å². The number of aromatic nitrogens is 4. The Balaban J connectivity index is 1.54. The van der Waals surface area contributed by atoms with Crippen LogP contribution in [0.5, 0.6) is 0 Å². The molecule has 7 nitrogen and oxygen atoms in total. The van der Waals surface area contributed by atoms with Gasteiger partial charge in [0.1, 0.15) is 5.82 Å². The van der Waals surface area contributed by atoms with Crippen molar-refractivity contribution >= 4 is 38.3 Å². The van der Waals surface area contributed by atoms with Gasteiger partial charge < -0.3 is 15.8 Å². The lowest BCUT2D eigenvalue weighted by atomic mass is 10.1. The average molecular weight is 467 g/mol. The Morgan fingerprint density at radius 1 is 1.23 bits per heavy atom. The minimum atomic E-state index is 0.433. The summed E-state index contributed by atoms with van der Waals surface area (Å²) < 4.78 is 7.89. The molecular weight excluding hydrogens is 444 g/mol. The van der Waals surface area contributed by atoms with Crippen LogP contribution in [0.3, 0.4) is 0 Å². The SMILES string of the molecule is Cc1ccc2ncc(-c3cnn4c(N)c(Br)c(CNC5CCOCC5)nc34)cc2c1. The predicted octanol–water partition coefficient (Wildman–Crippen LogP) is 3.87. The maximum Gasteiger partial charge on any atom is 0.165 e. The minimum absolute atomic E-state index is 0.433. The van der Waals surface area contributed by atoms with Crippen molar-refractivity contribution in [3.8, 4) is 11.1 Å². The van der Waals surface area contributed by atoms with Crippen LogP contribution in [0.4, 0.5) is 5.82 Å². The van der Waals surface area contributed by atoms with Gasteiger partial charge in [0, 0.05) is 48.5 Å². The Morgan fingerprint density at radius 2 is 2.07 bits per heavy atom. The van der Waals surface area contributed by atoms with E-state index in [0.29, 0.717) is 18.4 Å². The first-order valence-electron chi connectivity index (χ1n) is 10.1. The summed E-state index contributed by atoms with van der Waals surface area (Å²) in [7, 11) is 0. The van der Waals surface area contributed by atoms with E-state index in [-0.39, 0.29) is 0 Å². The molecule has 0 amide bonds. The number of hydrogen-bond acceptors (Lipinski definition) is 6. The predicted molar refractivity (Wildman–Crippen MR) is 121 cm³/mol. The Kier molecular flexibility index (Phi) is 5.14. The maximum atomic E-state index is 6.38. The number of benzene rings is 1. The van der Waals surface area contributed by atoms with Crippen LogP contribution in [-0.4, -0.2) is 38.8 Å². The van der Waals surface area contributed by atoms with Crippen LogP contribution >= 0.6 is 15.9 Å². The third-order valence-electron chi connectivity index (χ3n) is 5.62. The van der Waals surface area contributed by atoms with Crippen molar-refractivity contribution in [2.45, 2.75) is 32.4 Å². The number of nitrogen functional groups attached to an aromatic ring is 1. The molecule has 8 heteroatoms. The second-order valence-electron chi connectivity index (χ2n) is 7.74. The molecule has 0 aliphatic carbocycles. The second-order valence-corrected chi connectivity index (χ2v) is 8.53. The summed E-state index contributed by atoms with van der Waals surface area (Å²) >= 11 is 3.61. The number of anilines is 1. The van der Waals surface area contributed by atoms with Crippen molar-refractivity contribution < 1.29 is 4.74 Å². The molecule has 1 saturated heterocycles. The van der Waals surface area contributed by atoms with Gasteiger partial charge in [0.05, 0.1) is 21.9 Å². The van der Waals surface area contributed by atoms with Gasteiger partial charge in [-0.3, -0.25) is 4.98 Å². The Morgan fingerprint density at radius 3 is 2.90 bits per heavy atom. The number of hydrogen-bond donors (Lipinski definition) is 2. The lowest BCUT2D eigenvalue weighted by Crippen LogP contribution is -2.34. The first-order valence-corrected chi connectivity index (χ1v) is 10.9. The van der Waals surface area contributed by atoms with E-state index in [2.05, 4.69) is 56.5 Å². The van der Waals surface area contributed by atoms with Crippen LogP contribution < -0.4 is 11.1 Å². The van der Waals surface area contributed by atoms with E-state index in [1.807, 2.05) is 12.3 Å². The van der Waals surface area contributed by atoms with Crippen LogP contribution in [0.2, 0.25) is 0 Å². The summed E-state index contributed by atoms with van der Waals surface area (Å²) in [5.74, 6) is 0.541. The molecule has 0 atom stereocenters. The molecule has 30 heavy (non-hydrogen) atoms. The maximum absolute atomic E-state index is 6.38. The standard InChI is InChI=1S/C22H23BrN6O/c1-13-2-3-18-14(8-13)9-15(10-26-18)17-11-27-29-21(24)20(23)19(28-22(17)29)12-25-16-4-6-30-7-5-16/h2-3,8-11,16,25H,4-7,12,24H2,1H3.